The summed E-state index contributed by atoms with van der Waals surface area (Å²) in [6.45, 7) is 8.53. The van der Waals surface area contributed by atoms with E-state index in [4.69, 9.17) is 14.2 Å². The fraction of sp³-hybridized carbons (Fsp3) is 0.0312. The molecule has 0 saturated heterocycles. The van der Waals surface area contributed by atoms with Crippen LogP contribution in [-0.4, -0.2) is 17.9 Å². The van der Waals surface area contributed by atoms with E-state index in [1.807, 2.05) is 48.5 Å². The molecule has 4 aromatic carbocycles. The molecule has 0 radical (unpaired) electrons. The molecule has 0 amide bonds. The third-order valence-electron chi connectivity index (χ3n) is 5.50. The van der Waals surface area contributed by atoms with E-state index in [2.05, 4.69) is 13.2 Å². The number of esters is 3. The SMILES string of the molecule is C=CC(=O)Oc1ccc(-c2ccc(C(=O)Oc3ccc(-c4ccc(OC(=O)C(=C)C)cc4)cc3)cc2)cc1. The topological polar surface area (TPSA) is 78.9 Å². The van der Waals surface area contributed by atoms with Crippen LogP contribution < -0.4 is 14.2 Å². The number of carbonyl (C=O) groups excluding carboxylic acids is 3. The minimum absolute atomic E-state index is 0.329. The minimum Gasteiger partial charge on any atom is -0.423 e. The van der Waals surface area contributed by atoms with Gasteiger partial charge in [0.05, 0.1) is 5.56 Å². The number of ether oxygens (including phenoxy) is 3. The van der Waals surface area contributed by atoms with Crippen molar-refractivity contribution in [3.8, 4) is 39.5 Å². The maximum absolute atomic E-state index is 12.6. The lowest BCUT2D eigenvalue weighted by atomic mass is 10.0. The van der Waals surface area contributed by atoms with E-state index in [0.29, 0.717) is 28.4 Å². The van der Waals surface area contributed by atoms with Crippen molar-refractivity contribution in [1.82, 2.24) is 0 Å². The summed E-state index contributed by atoms with van der Waals surface area (Å²) in [4.78, 5) is 35.6. The first kappa shape index (κ1) is 25.9. The highest BCUT2D eigenvalue weighted by Gasteiger charge is 2.10. The van der Waals surface area contributed by atoms with Crippen LogP contribution in [0.15, 0.2) is 122 Å². The van der Waals surface area contributed by atoms with Crippen molar-refractivity contribution >= 4 is 17.9 Å². The predicted molar refractivity (Wildman–Crippen MR) is 145 cm³/mol. The fourth-order valence-electron chi connectivity index (χ4n) is 3.46. The molecule has 188 valence electrons. The second-order valence-electron chi connectivity index (χ2n) is 8.34. The van der Waals surface area contributed by atoms with Gasteiger partial charge in [-0.25, -0.2) is 14.4 Å². The average molecular weight is 505 g/mol. The molecule has 0 aliphatic heterocycles. The highest BCUT2D eigenvalue weighted by molar-refractivity contribution is 5.92. The molecule has 0 atom stereocenters. The molecule has 0 aromatic heterocycles. The molecule has 6 nitrogen and oxygen atoms in total. The highest BCUT2D eigenvalue weighted by atomic mass is 16.5. The van der Waals surface area contributed by atoms with Gasteiger partial charge >= 0.3 is 17.9 Å². The number of benzene rings is 4. The van der Waals surface area contributed by atoms with Gasteiger partial charge in [-0.1, -0.05) is 61.7 Å². The van der Waals surface area contributed by atoms with Gasteiger partial charge < -0.3 is 14.2 Å². The van der Waals surface area contributed by atoms with Crippen LogP contribution in [-0.2, 0) is 9.59 Å². The van der Waals surface area contributed by atoms with Crippen LogP contribution in [0.25, 0.3) is 22.3 Å². The molecule has 0 fully saturated rings. The van der Waals surface area contributed by atoms with Crippen LogP contribution in [0.5, 0.6) is 17.2 Å². The Labute approximate surface area is 220 Å². The largest absolute Gasteiger partial charge is 0.423 e. The number of hydrogen-bond donors (Lipinski definition) is 0. The van der Waals surface area contributed by atoms with Crippen LogP contribution in [0.3, 0.4) is 0 Å². The Bertz CT molecular complexity index is 1480. The molecule has 0 saturated carbocycles. The summed E-state index contributed by atoms with van der Waals surface area (Å²) < 4.78 is 15.8. The Morgan fingerprint density at radius 2 is 0.947 bits per heavy atom. The van der Waals surface area contributed by atoms with E-state index in [0.717, 1.165) is 28.3 Å². The van der Waals surface area contributed by atoms with E-state index in [-0.39, 0.29) is 0 Å². The minimum atomic E-state index is -0.521. The molecule has 0 aliphatic rings. The van der Waals surface area contributed by atoms with Gasteiger partial charge in [-0.2, -0.15) is 0 Å². The van der Waals surface area contributed by atoms with Crippen LogP contribution in [0.4, 0.5) is 0 Å². The lowest BCUT2D eigenvalue weighted by Gasteiger charge is -2.08. The first-order valence-corrected chi connectivity index (χ1v) is 11.7. The zero-order valence-corrected chi connectivity index (χ0v) is 20.7. The Kier molecular flexibility index (Phi) is 7.94. The maximum Gasteiger partial charge on any atom is 0.343 e. The van der Waals surface area contributed by atoms with Crippen molar-refractivity contribution in [3.05, 3.63) is 127 Å². The van der Waals surface area contributed by atoms with Crippen molar-refractivity contribution in [3.63, 3.8) is 0 Å². The van der Waals surface area contributed by atoms with Gasteiger partial charge in [0.2, 0.25) is 0 Å². The second-order valence-corrected chi connectivity index (χ2v) is 8.34. The Morgan fingerprint density at radius 3 is 1.34 bits per heavy atom. The van der Waals surface area contributed by atoms with Crippen molar-refractivity contribution in [2.24, 2.45) is 0 Å². The first-order valence-electron chi connectivity index (χ1n) is 11.7. The van der Waals surface area contributed by atoms with E-state index in [9.17, 15) is 14.4 Å². The molecule has 0 spiro atoms. The quantitative estimate of drug-likeness (QED) is 0.149. The Morgan fingerprint density at radius 1 is 0.579 bits per heavy atom. The molecule has 4 aromatic rings. The molecular formula is C32H24O6. The number of carbonyl (C=O) groups is 3. The molecule has 0 heterocycles. The number of rotatable bonds is 8. The van der Waals surface area contributed by atoms with Gasteiger partial charge in [0, 0.05) is 11.6 Å². The summed E-state index contributed by atoms with van der Waals surface area (Å²) in [5.74, 6) is -0.192. The lowest BCUT2D eigenvalue weighted by molar-refractivity contribution is -0.130. The van der Waals surface area contributed by atoms with Crippen molar-refractivity contribution in [2.75, 3.05) is 0 Å². The van der Waals surface area contributed by atoms with E-state index >= 15 is 0 Å². The first-order chi connectivity index (χ1) is 18.3. The molecule has 38 heavy (non-hydrogen) atoms. The summed E-state index contributed by atoms with van der Waals surface area (Å²) in [5.41, 5.74) is 4.37. The van der Waals surface area contributed by atoms with Crippen molar-refractivity contribution < 1.29 is 28.6 Å². The normalized spacial score (nSPS) is 10.2. The molecule has 0 unspecified atom stereocenters. The average Bonchev–Trinajstić information content (AvgIpc) is 2.94. The predicted octanol–water partition coefficient (Wildman–Crippen LogP) is 6.81. The van der Waals surface area contributed by atoms with E-state index < -0.39 is 17.9 Å². The van der Waals surface area contributed by atoms with E-state index in [1.165, 1.54) is 0 Å². The highest BCUT2D eigenvalue weighted by Crippen LogP contribution is 2.26. The summed E-state index contributed by atoms with van der Waals surface area (Å²) in [6, 6.07) is 28.3. The van der Waals surface area contributed by atoms with Gasteiger partial charge in [-0.15, -0.1) is 0 Å². The van der Waals surface area contributed by atoms with Crippen LogP contribution in [0.2, 0.25) is 0 Å². The van der Waals surface area contributed by atoms with Gasteiger partial charge in [0.25, 0.3) is 0 Å². The Balaban J connectivity index is 1.36. The van der Waals surface area contributed by atoms with Gasteiger partial charge in [-0.3, -0.25) is 0 Å². The smallest absolute Gasteiger partial charge is 0.343 e. The summed E-state index contributed by atoms with van der Waals surface area (Å²) in [6.07, 6.45) is 1.10. The molecular weight excluding hydrogens is 480 g/mol. The van der Waals surface area contributed by atoms with Crippen LogP contribution >= 0.6 is 0 Å². The van der Waals surface area contributed by atoms with Gasteiger partial charge in [0.15, 0.2) is 0 Å². The fourth-order valence-corrected chi connectivity index (χ4v) is 3.46. The van der Waals surface area contributed by atoms with Crippen LogP contribution in [0, 0.1) is 0 Å². The summed E-state index contributed by atoms with van der Waals surface area (Å²) in [5, 5.41) is 0. The Hall–Kier alpha value is -5.23. The van der Waals surface area contributed by atoms with Gasteiger partial charge in [-0.05, 0) is 77.7 Å². The third kappa shape index (κ3) is 6.50. The maximum atomic E-state index is 12.6. The summed E-state index contributed by atoms with van der Waals surface area (Å²) >= 11 is 0. The standard InChI is InChI=1S/C32H24O6/c1-4-30(33)36-27-15-9-23(10-16-27)22-5-7-26(8-6-22)32(35)38-29-19-13-25(14-20-29)24-11-17-28(18-12-24)37-31(34)21(2)3/h4-20H,1-2H2,3H3. The van der Waals surface area contributed by atoms with Crippen molar-refractivity contribution in [1.29, 1.82) is 0 Å². The molecule has 4 rings (SSSR count). The molecule has 0 bridgehead atoms. The summed E-state index contributed by atoms with van der Waals surface area (Å²) in [7, 11) is 0. The molecule has 6 heteroatoms. The number of hydrogen-bond acceptors (Lipinski definition) is 6. The third-order valence-corrected chi connectivity index (χ3v) is 5.50. The molecule has 0 aliphatic carbocycles. The molecule has 0 N–H and O–H groups in total. The zero-order chi connectivity index (χ0) is 27.1. The zero-order valence-electron chi connectivity index (χ0n) is 20.7. The van der Waals surface area contributed by atoms with Crippen LogP contribution in [0.1, 0.15) is 17.3 Å². The van der Waals surface area contributed by atoms with Gasteiger partial charge in [0.1, 0.15) is 17.2 Å². The monoisotopic (exact) mass is 504 g/mol. The lowest BCUT2D eigenvalue weighted by Crippen LogP contribution is -2.08. The van der Waals surface area contributed by atoms with E-state index in [1.54, 1.807) is 55.5 Å². The van der Waals surface area contributed by atoms with Crippen molar-refractivity contribution in [2.45, 2.75) is 6.92 Å². The second kappa shape index (κ2) is 11.7.